The lowest BCUT2D eigenvalue weighted by atomic mass is 9.91. The molecule has 0 spiro atoms. The van der Waals surface area contributed by atoms with Crippen LogP contribution in [0.3, 0.4) is 0 Å². The first-order valence-corrected chi connectivity index (χ1v) is 11.4. The zero-order valence-corrected chi connectivity index (χ0v) is 19.4. The Kier molecular flexibility index (Phi) is 8.14. The van der Waals surface area contributed by atoms with Gasteiger partial charge in [-0.05, 0) is 62.6 Å². The number of nitrogens with zero attached hydrogens (tertiary/aromatic N) is 1. The summed E-state index contributed by atoms with van der Waals surface area (Å²) in [6, 6.07) is 18.3. The summed E-state index contributed by atoms with van der Waals surface area (Å²) in [6.45, 7) is 8.01. The largest absolute Gasteiger partial charge is 0.444 e. The summed E-state index contributed by atoms with van der Waals surface area (Å²) in [5.41, 5.74) is 2.83. The molecule has 0 radical (unpaired) electrons. The van der Waals surface area contributed by atoms with Crippen LogP contribution in [0, 0.1) is 5.92 Å². The normalized spacial score (nSPS) is 16.3. The van der Waals surface area contributed by atoms with E-state index in [1.807, 2.05) is 56.0 Å². The molecule has 1 heterocycles. The van der Waals surface area contributed by atoms with Crippen molar-refractivity contribution in [3.63, 3.8) is 0 Å². The Bertz CT molecular complexity index is 875. The minimum Gasteiger partial charge on any atom is -0.444 e. The molecule has 3 rings (SSSR count). The van der Waals surface area contributed by atoms with E-state index in [4.69, 9.17) is 4.74 Å². The SMILES string of the molecule is CC(C)(C)OC(=O)NCc1ccc(CNC(=O)N2CCCC(Cc3ccccc3)C2)cc1. The molecule has 172 valence electrons. The highest BCUT2D eigenvalue weighted by molar-refractivity contribution is 5.74. The fourth-order valence-electron chi connectivity index (χ4n) is 3.92. The minimum atomic E-state index is -0.512. The number of benzene rings is 2. The lowest BCUT2D eigenvalue weighted by molar-refractivity contribution is 0.0523. The second kappa shape index (κ2) is 11.0. The number of hydrogen-bond acceptors (Lipinski definition) is 3. The van der Waals surface area contributed by atoms with Crippen molar-refractivity contribution in [3.8, 4) is 0 Å². The Morgan fingerprint density at radius 1 is 0.938 bits per heavy atom. The highest BCUT2D eigenvalue weighted by atomic mass is 16.6. The Labute approximate surface area is 191 Å². The van der Waals surface area contributed by atoms with Crippen molar-refractivity contribution in [2.45, 2.75) is 58.7 Å². The number of carbonyl (C=O) groups is 2. The van der Waals surface area contributed by atoms with Crippen LogP contribution < -0.4 is 10.6 Å². The molecule has 2 aromatic rings. The number of nitrogens with one attached hydrogen (secondary N) is 2. The fraction of sp³-hybridized carbons (Fsp3) is 0.462. The van der Waals surface area contributed by atoms with Gasteiger partial charge in [0.2, 0.25) is 0 Å². The van der Waals surface area contributed by atoms with Crippen LogP contribution in [0.25, 0.3) is 0 Å². The maximum atomic E-state index is 12.7. The molecular weight excluding hydrogens is 402 g/mol. The summed E-state index contributed by atoms with van der Waals surface area (Å²) in [5, 5.41) is 5.80. The second-order valence-electron chi connectivity index (χ2n) is 9.47. The molecular formula is C26H35N3O3. The topological polar surface area (TPSA) is 70.7 Å². The van der Waals surface area contributed by atoms with Gasteiger partial charge in [-0.2, -0.15) is 0 Å². The molecule has 3 amide bonds. The molecule has 0 aromatic heterocycles. The first-order chi connectivity index (χ1) is 15.3. The molecule has 2 aromatic carbocycles. The molecule has 6 heteroatoms. The Morgan fingerprint density at radius 2 is 1.56 bits per heavy atom. The smallest absolute Gasteiger partial charge is 0.407 e. The third-order valence-electron chi connectivity index (χ3n) is 5.48. The van der Waals surface area contributed by atoms with Gasteiger partial charge in [0, 0.05) is 26.2 Å². The number of piperidine rings is 1. The molecule has 0 aliphatic carbocycles. The van der Waals surface area contributed by atoms with Gasteiger partial charge in [0.1, 0.15) is 5.60 Å². The first-order valence-electron chi connectivity index (χ1n) is 11.4. The van der Waals surface area contributed by atoms with E-state index in [1.54, 1.807) is 0 Å². The van der Waals surface area contributed by atoms with E-state index in [2.05, 4.69) is 34.9 Å². The molecule has 1 fully saturated rings. The van der Waals surface area contributed by atoms with Gasteiger partial charge in [-0.15, -0.1) is 0 Å². The minimum absolute atomic E-state index is 0.00145. The van der Waals surface area contributed by atoms with Crippen LogP contribution in [-0.4, -0.2) is 35.7 Å². The van der Waals surface area contributed by atoms with Gasteiger partial charge in [-0.3, -0.25) is 0 Å². The predicted molar refractivity (Wildman–Crippen MR) is 126 cm³/mol. The maximum Gasteiger partial charge on any atom is 0.407 e. The summed E-state index contributed by atoms with van der Waals surface area (Å²) < 4.78 is 5.24. The molecule has 6 nitrogen and oxygen atoms in total. The standard InChI is InChI=1S/C26H35N3O3/c1-26(2,3)32-25(31)28-18-22-13-11-21(12-14-22)17-27-24(30)29-15-7-10-23(19-29)16-20-8-5-4-6-9-20/h4-6,8-9,11-14,23H,7,10,15-19H2,1-3H3,(H,27,30)(H,28,31). The van der Waals surface area contributed by atoms with Crippen molar-refractivity contribution in [1.29, 1.82) is 0 Å². The Hall–Kier alpha value is -3.02. The van der Waals surface area contributed by atoms with Crippen LogP contribution >= 0.6 is 0 Å². The molecule has 1 atom stereocenters. The molecule has 1 aliphatic rings. The van der Waals surface area contributed by atoms with E-state index in [0.29, 0.717) is 19.0 Å². The van der Waals surface area contributed by atoms with Gasteiger partial charge < -0.3 is 20.3 Å². The average Bonchev–Trinajstić information content (AvgIpc) is 2.76. The number of hydrogen-bond donors (Lipinski definition) is 2. The molecule has 1 saturated heterocycles. The lowest BCUT2D eigenvalue weighted by Crippen LogP contribution is -2.45. The van der Waals surface area contributed by atoms with Gasteiger partial charge in [0.05, 0.1) is 0 Å². The van der Waals surface area contributed by atoms with Crippen molar-refractivity contribution in [1.82, 2.24) is 15.5 Å². The van der Waals surface area contributed by atoms with E-state index in [0.717, 1.165) is 43.5 Å². The zero-order valence-electron chi connectivity index (χ0n) is 19.4. The lowest BCUT2D eigenvalue weighted by Gasteiger charge is -2.33. The highest BCUT2D eigenvalue weighted by Crippen LogP contribution is 2.21. The van der Waals surface area contributed by atoms with Gasteiger partial charge in [0.25, 0.3) is 0 Å². The molecule has 0 saturated carbocycles. The fourth-order valence-corrected chi connectivity index (χ4v) is 3.92. The van der Waals surface area contributed by atoms with Crippen molar-refractivity contribution in [2.24, 2.45) is 5.92 Å². The highest BCUT2D eigenvalue weighted by Gasteiger charge is 2.23. The summed E-state index contributed by atoms with van der Waals surface area (Å²) in [5.74, 6) is 0.508. The van der Waals surface area contributed by atoms with Gasteiger partial charge in [-0.25, -0.2) is 9.59 Å². The van der Waals surface area contributed by atoms with E-state index in [1.165, 1.54) is 5.56 Å². The molecule has 2 N–H and O–H groups in total. The number of ether oxygens (including phenoxy) is 1. The van der Waals surface area contributed by atoms with E-state index in [9.17, 15) is 9.59 Å². The van der Waals surface area contributed by atoms with Crippen molar-refractivity contribution in [3.05, 3.63) is 71.3 Å². The van der Waals surface area contributed by atoms with Crippen LogP contribution in [0.4, 0.5) is 9.59 Å². The van der Waals surface area contributed by atoms with Crippen LogP contribution in [0.1, 0.15) is 50.3 Å². The zero-order chi connectivity index (χ0) is 23.0. The average molecular weight is 438 g/mol. The summed E-state index contributed by atoms with van der Waals surface area (Å²) in [6.07, 6.45) is 2.80. The van der Waals surface area contributed by atoms with Crippen LogP contribution in [0.15, 0.2) is 54.6 Å². The van der Waals surface area contributed by atoms with Crippen LogP contribution in [0.2, 0.25) is 0 Å². The molecule has 0 bridgehead atoms. The number of urea groups is 1. The molecule has 1 aliphatic heterocycles. The Morgan fingerprint density at radius 3 is 2.19 bits per heavy atom. The molecule has 32 heavy (non-hydrogen) atoms. The Balaban J connectivity index is 1.41. The third kappa shape index (κ3) is 7.91. The number of amides is 3. The second-order valence-corrected chi connectivity index (χ2v) is 9.47. The molecule has 1 unspecified atom stereocenters. The van der Waals surface area contributed by atoms with E-state index >= 15 is 0 Å². The van der Waals surface area contributed by atoms with E-state index < -0.39 is 11.7 Å². The summed E-state index contributed by atoms with van der Waals surface area (Å²) in [7, 11) is 0. The van der Waals surface area contributed by atoms with Crippen molar-refractivity contribution < 1.29 is 14.3 Å². The van der Waals surface area contributed by atoms with Gasteiger partial charge in [0.15, 0.2) is 0 Å². The summed E-state index contributed by atoms with van der Waals surface area (Å²) in [4.78, 5) is 26.4. The van der Waals surface area contributed by atoms with Crippen LogP contribution in [0.5, 0.6) is 0 Å². The third-order valence-corrected chi connectivity index (χ3v) is 5.48. The van der Waals surface area contributed by atoms with Crippen molar-refractivity contribution >= 4 is 12.1 Å². The van der Waals surface area contributed by atoms with Crippen molar-refractivity contribution in [2.75, 3.05) is 13.1 Å². The number of carbonyl (C=O) groups excluding carboxylic acids is 2. The first kappa shape index (κ1) is 23.6. The van der Waals surface area contributed by atoms with Gasteiger partial charge in [-0.1, -0.05) is 54.6 Å². The van der Waals surface area contributed by atoms with Crippen LogP contribution in [-0.2, 0) is 24.2 Å². The number of alkyl carbamates (subject to hydrolysis) is 1. The monoisotopic (exact) mass is 437 g/mol. The quantitative estimate of drug-likeness (QED) is 0.677. The predicted octanol–water partition coefficient (Wildman–Crippen LogP) is 4.88. The maximum absolute atomic E-state index is 12.7. The van der Waals surface area contributed by atoms with Gasteiger partial charge >= 0.3 is 12.1 Å². The number of likely N-dealkylation sites (tertiary alicyclic amines) is 1. The summed E-state index contributed by atoms with van der Waals surface area (Å²) >= 11 is 0. The van der Waals surface area contributed by atoms with E-state index in [-0.39, 0.29) is 6.03 Å². The number of rotatable bonds is 6.